The van der Waals surface area contributed by atoms with Gasteiger partial charge in [0.1, 0.15) is 28.7 Å². The smallest absolute Gasteiger partial charge is 0.274 e. The fourth-order valence-corrected chi connectivity index (χ4v) is 3.69. The average molecular weight is 447 g/mol. The van der Waals surface area contributed by atoms with Crippen molar-refractivity contribution < 1.29 is 15.0 Å². The number of amides is 1. The molecule has 4 N–H and O–H groups in total. The number of hydrogen-bond donors (Lipinski definition) is 4. The van der Waals surface area contributed by atoms with Crippen LogP contribution in [0.1, 0.15) is 54.1 Å². The summed E-state index contributed by atoms with van der Waals surface area (Å²) >= 11 is 0. The molecule has 2 aromatic carbocycles. The summed E-state index contributed by atoms with van der Waals surface area (Å²) < 4.78 is 1.44. The molecule has 0 saturated carbocycles. The molecule has 1 amide bonds. The molecule has 170 valence electrons. The lowest BCUT2D eigenvalue weighted by molar-refractivity contribution is 0.0951. The van der Waals surface area contributed by atoms with E-state index in [1.165, 1.54) is 10.7 Å². The van der Waals surface area contributed by atoms with Gasteiger partial charge in [0.15, 0.2) is 5.69 Å². The molecule has 33 heavy (non-hydrogen) atoms. The Kier molecular flexibility index (Phi) is 6.12. The number of benzene rings is 2. The predicted octanol–water partition coefficient (Wildman–Crippen LogP) is 3.53. The topological polar surface area (TPSA) is 129 Å². The van der Waals surface area contributed by atoms with Crippen LogP contribution in [0.4, 0.5) is 0 Å². The van der Waals surface area contributed by atoms with Crippen LogP contribution in [0.25, 0.3) is 16.9 Å². The summed E-state index contributed by atoms with van der Waals surface area (Å²) in [5.41, 5.74) is 3.33. The van der Waals surface area contributed by atoms with Crippen LogP contribution in [0.5, 0.6) is 11.5 Å². The van der Waals surface area contributed by atoms with E-state index < -0.39 is 0 Å². The minimum absolute atomic E-state index is 0.000793. The van der Waals surface area contributed by atoms with E-state index in [0.29, 0.717) is 35.5 Å². The minimum Gasteiger partial charge on any atom is -0.508 e. The Morgan fingerprint density at radius 1 is 1.15 bits per heavy atom. The number of aromatic nitrogens is 5. The number of hydrogen-bond acceptors (Lipinski definition) is 6. The second kappa shape index (κ2) is 9.15. The Morgan fingerprint density at radius 3 is 2.55 bits per heavy atom. The number of rotatable bonds is 7. The molecule has 2 heterocycles. The van der Waals surface area contributed by atoms with Crippen LogP contribution < -0.4 is 5.32 Å². The van der Waals surface area contributed by atoms with Gasteiger partial charge in [-0.05, 0) is 30.0 Å². The van der Waals surface area contributed by atoms with Crippen LogP contribution in [-0.4, -0.2) is 47.6 Å². The second-order valence-electron chi connectivity index (χ2n) is 8.02. The first-order chi connectivity index (χ1) is 15.9. The summed E-state index contributed by atoms with van der Waals surface area (Å²) in [5.74, 6) is 0.340. The lowest BCUT2D eigenvalue weighted by Gasteiger charge is -2.14. The first-order valence-electron chi connectivity index (χ1n) is 10.8. The SMILES string of the molecule is CCNC(=O)c1nnn(-c2cc(C(C)C)c(O)cc2O)c1-c1ccc(Cc2ncc[nH]2)cc1. The fourth-order valence-electron chi connectivity index (χ4n) is 3.69. The zero-order valence-corrected chi connectivity index (χ0v) is 18.7. The Labute approximate surface area is 191 Å². The monoisotopic (exact) mass is 446 g/mol. The number of carbonyl (C=O) groups excluding carboxylic acids is 1. The van der Waals surface area contributed by atoms with E-state index in [4.69, 9.17) is 0 Å². The quantitative estimate of drug-likeness (QED) is 0.344. The highest BCUT2D eigenvalue weighted by atomic mass is 16.3. The van der Waals surface area contributed by atoms with Crippen LogP contribution in [0.2, 0.25) is 0 Å². The molecule has 0 saturated heterocycles. The average Bonchev–Trinajstić information content (AvgIpc) is 3.44. The number of nitrogens with one attached hydrogen (secondary N) is 2. The second-order valence-corrected chi connectivity index (χ2v) is 8.02. The molecule has 0 fully saturated rings. The molecule has 9 nitrogen and oxygen atoms in total. The summed E-state index contributed by atoms with van der Waals surface area (Å²) in [7, 11) is 0. The molecule has 0 aliphatic carbocycles. The summed E-state index contributed by atoms with van der Waals surface area (Å²) in [6.45, 7) is 6.15. The van der Waals surface area contributed by atoms with Gasteiger partial charge in [-0.25, -0.2) is 9.67 Å². The third-order valence-corrected chi connectivity index (χ3v) is 5.35. The van der Waals surface area contributed by atoms with Gasteiger partial charge < -0.3 is 20.5 Å². The van der Waals surface area contributed by atoms with Crippen LogP contribution >= 0.6 is 0 Å². The van der Waals surface area contributed by atoms with Gasteiger partial charge in [0.05, 0.1) is 0 Å². The molecule has 0 aliphatic rings. The van der Waals surface area contributed by atoms with Crippen molar-refractivity contribution in [2.45, 2.75) is 33.1 Å². The van der Waals surface area contributed by atoms with Crippen molar-refractivity contribution in [2.24, 2.45) is 0 Å². The highest BCUT2D eigenvalue weighted by Gasteiger charge is 2.24. The summed E-state index contributed by atoms with van der Waals surface area (Å²) in [5, 5.41) is 31.9. The van der Waals surface area contributed by atoms with Crippen molar-refractivity contribution in [1.29, 1.82) is 0 Å². The summed E-state index contributed by atoms with van der Waals surface area (Å²) in [4.78, 5) is 20.1. The van der Waals surface area contributed by atoms with E-state index >= 15 is 0 Å². The first kappa shape index (κ1) is 22.1. The number of carbonyl (C=O) groups is 1. The van der Waals surface area contributed by atoms with Gasteiger partial charge in [0, 0.05) is 37.0 Å². The van der Waals surface area contributed by atoms with Gasteiger partial charge in [-0.3, -0.25) is 4.79 Å². The van der Waals surface area contributed by atoms with E-state index in [0.717, 1.165) is 11.4 Å². The highest BCUT2D eigenvalue weighted by Crippen LogP contribution is 2.36. The lowest BCUT2D eigenvalue weighted by Crippen LogP contribution is -2.23. The Hall–Kier alpha value is -4.14. The fraction of sp³-hybridized carbons (Fsp3) is 0.250. The molecular formula is C24H26N6O3. The molecule has 0 radical (unpaired) electrons. The van der Waals surface area contributed by atoms with Crippen LogP contribution in [0.3, 0.4) is 0 Å². The maximum absolute atomic E-state index is 12.7. The molecule has 0 atom stereocenters. The minimum atomic E-state index is -0.360. The molecule has 4 rings (SSSR count). The predicted molar refractivity (Wildman–Crippen MR) is 124 cm³/mol. The summed E-state index contributed by atoms with van der Waals surface area (Å²) in [6, 6.07) is 10.6. The zero-order chi connectivity index (χ0) is 23.5. The normalized spacial score (nSPS) is 11.2. The molecule has 0 spiro atoms. The molecule has 0 bridgehead atoms. The molecule has 0 aliphatic heterocycles. The molecular weight excluding hydrogens is 420 g/mol. The van der Waals surface area contributed by atoms with Crippen molar-refractivity contribution in [3.05, 3.63) is 71.4 Å². The van der Waals surface area contributed by atoms with Crippen molar-refractivity contribution in [3.63, 3.8) is 0 Å². The number of aromatic hydroxyl groups is 2. The maximum atomic E-state index is 12.7. The first-order valence-corrected chi connectivity index (χ1v) is 10.8. The maximum Gasteiger partial charge on any atom is 0.274 e. The van der Waals surface area contributed by atoms with Gasteiger partial charge in [-0.2, -0.15) is 0 Å². The molecule has 9 heteroatoms. The Balaban J connectivity index is 1.82. The van der Waals surface area contributed by atoms with Crippen molar-refractivity contribution in [1.82, 2.24) is 30.3 Å². The van der Waals surface area contributed by atoms with Gasteiger partial charge >= 0.3 is 0 Å². The van der Waals surface area contributed by atoms with Crippen LogP contribution in [0.15, 0.2) is 48.8 Å². The highest BCUT2D eigenvalue weighted by molar-refractivity contribution is 5.98. The van der Waals surface area contributed by atoms with Gasteiger partial charge in [-0.1, -0.05) is 43.3 Å². The van der Waals surface area contributed by atoms with E-state index in [2.05, 4.69) is 25.6 Å². The number of aromatic amines is 1. The van der Waals surface area contributed by atoms with Crippen molar-refractivity contribution in [3.8, 4) is 28.4 Å². The molecule has 2 aromatic heterocycles. The van der Waals surface area contributed by atoms with Crippen LogP contribution in [-0.2, 0) is 6.42 Å². The van der Waals surface area contributed by atoms with E-state index in [1.54, 1.807) is 18.5 Å². The lowest BCUT2D eigenvalue weighted by atomic mass is 10.0. The Morgan fingerprint density at radius 2 is 1.91 bits per heavy atom. The number of imidazole rings is 1. The van der Waals surface area contributed by atoms with Crippen LogP contribution in [0, 0.1) is 0 Å². The number of phenols is 2. The number of H-pyrrole nitrogens is 1. The Bertz CT molecular complexity index is 1260. The zero-order valence-electron chi connectivity index (χ0n) is 18.7. The summed E-state index contributed by atoms with van der Waals surface area (Å²) in [6.07, 6.45) is 4.13. The van der Waals surface area contributed by atoms with E-state index in [-0.39, 0.29) is 29.0 Å². The van der Waals surface area contributed by atoms with Crippen molar-refractivity contribution in [2.75, 3.05) is 6.54 Å². The molecule has 4 aromatic rings. The number of phenolic OH excluding ortho intramolecular Hbond substituents is 2. The van der Waals surface area contributed by atoms with Gasteiger partial charge in [0.25, 0.3) is 5.91 Å². The standard InChI is InChI=1S/C24H26N6O3/c1-4-25-24(33)22-23(16-7-5-15(6-8-16)11-21-26-9-10-27-21)30(29-28-22)18-12-17(14(2)3)19(31)13-20(18)32/h5-10,12-14,31-32H,4,11H2,1-3H3,(H,25,33)(H,26,27). The number of nitrogens with zero attached hydrogens (tertiary/aromatic N) is 4. The largest absolute Gasteiger partial charge is 0.508 e. The van der Waals surface area contributed by atoms with E-state index in [9.17, 15) is 15.0 Å². The molecule has 0 unspecified atom stereocenters. The van der Waals surface area contributed by atoms with Crippen molar-refractivity contribution >= 4 is 5.91 Å². The third kappa shape index (κ3) is 4.43. The van der Waals surface area contributed by atoms with Gasteiger partial charge in [-0.15, -0.1) is 5.10 Å². The van der Waals surface area contributed by atoms with E-state index in [1.807, 2.05) is 45.0 Å². The third-order valence-electron chi connectivity index (χ3n) is 5.35. The van der Waals surface area contributed by atoms with Gasteiger partial charge in [0.2, 0.25) is 0 Å².